The minimum Gasteiger partial charge on any atom is -0.338 e. The standard InChI is InChI=1S/C12H12Br2ClNO/c13-9-2-1-3-16(7-9)12(17)8-4-10(14)6-11(15)5-8/h4-6,9H,1-3,7H2. The molecule has 0 N–H and O–H groups in total. The topological polar surface area (TPSA) is 20.3 Å². The van der Waals surface area contributed by atoms with Gasteiger partial charge >= 0.3 is 0 Å². The van der Waals surface area contributed by atoms with Crippen molar-refractivity contribution in [3.63, 3.8) is 0 Å². The summed E-state index contributed by atoms with van der Waals surface area (Å²) in [6.45, 7) is 1.59. The molecule has 0 radical (unpaired) electrons. The number of rotatable bonds is 1. The Morgan fingerprint density at radius 3 is 2.82 bits per heavy atom. The Balaban J connectivity index is 2.18. The molecule has 1 unspecified atom stereocenters. The summed E-state index contributed by atoms with van der Waals surface area (Å²) in [6, 6.07) is 5.31. The van der Waals surface area contributed by atoms with E-state index in [0.29, 0.717) is 15.4 Å². The van der Waals surface area contributed by atoms with Gasteiger partial charge in [-0.25, -0.2) is 0 Å². The summed E-state index contributed by atoms with van der Waals surface area (Å²) >= 11 is 12.9. The van der Waals surface area contributed by atoms with Crippen molar-refractivity contribution in [3.05, 3.63) is 33.3 Å². The fourth-order valence-corrected chi connectivity index (χ4v) is 3.50. The van der Waals surface area contributed by atoms with Crippen molar-refractivity contribution in [1.82, 2.24) is 4.90 Å². The van der Waals surface area contributed by atoms with Gasteiger partial charge in [-0.1, -0.05) is 43.5 Å². The first-order valence-corrected chi connectivity index (χ1v) is 7.54. The molecule has 1 atom stereocenters. The zero-order valence-electron chi connectivity index (χ0n) is 9.13. The highest BCUT2D eigenvalue weighted by molar-refractivity contribution is 9.10. The number of carbonyl (C=O) groups excluding carboxylic acids is 1. The number of nitrogens with zero attached hydrogens (tertiary/aromatic N) is 1. The molecule has 0 aliphatic carbocycles. The van der Waals surface area contributed by atoms with E-state index < -0.39 is 0 Å². The first kappa shape index (κ1) is 13.4. The molecule has 1 aromatic carbocycles. The van der Waals surface area contributed by atoms with Crippen molar-refractivity contribution in [3.8, 4) is 0 Å². The molecule has 1 aliphatic rings. The van der Waals surface area contributed by atoms with Crippen molar-refractivity contribution in [2.45, 2.75) is 17.7 Å². The molecular weight excluding hydrogens is 369 g/mol. The average Bonchev–Trinajstić information content (AvgIpc) is 2.26. The molecule has 1 aromatic rings. The lowest BCUT2D eigenvalue weighted by atomic mass is 10.1. The minimum absolute atomic E-state index is 0.0531. The number of amides is 1. The number of halogens is 3. The van der Waals surface area contributed by atoms with Crippen LogP contribution in [0.5, 0.6) is 0 Å². The Bertz CT molecular complexity index is 418. The average molecular weight is 381 g/mol. The Morgan fingerprint density at radius 1 is 1.41 bits per heavy atom. The second kappa shape index (κ2) is 5.72. The van der Waals surface area contributed by atoms with Crippen LogP contribution in [0.15, 0.2) is 22.7 Å². The highest BCUT2D eigenvalue weighted by atomic mass is 79.9. The third-order valence-electron chi connectivity index (χ3n) is 2.76. The minimum atomic E-state index is 0.0531. The Hall–Kier alpha value is -0.0600. The van der Waals surface area contributed by atoms with E-state index >= 15 is 0 Å². The maximum atomic E-state index is 12.3. The SMILES string of the molecule is O=C(c1cc(Cl)cc(Br)c1)N1CCCC(Br)C1. The van der Waals surface area contributed by atoms with E-state index in [2.05, 4.69) is 31.9 Å². The van der Waals surface area contributed by atoms with Crippen LogP contribution in [0.3, 0.4) is 0 Å². The first-order chi connectivity index (χ1) is 8.06. The molecule has 2 rings (SSSR count). The van der Waals surface area contributed by atoms with Crippen molar-refractivity contribution in [2.24, 2.45) is 0 Å². The highest BCUT2D eigenvalue weighted by Crippen LogP contribution is 2.23. The largest absolute Gasteiger partial charge is 0.338 e. The number of carbonyl (C=O) groups is 1. The molecule has 0 spiro atoms. The van der Waals surface area contributed by atoms with Gasteiger partial charge in [-0.05, 0) is 31.0 Å². The molecular formula is C12H12Br2ClNO. The van der Waals surface area contributed by atoms with Gasteiger partial charge in [0.2, 0.25) is 0 Å². The van der Waals surface area contributed by atoms with Gasteiger partial charge in [-0.2, -0.15) is 0 Å². The molecule has 1 heterocycles. The fraction of sp³-hybridized carbons (Fsp3) is 0.417. The van der Waals surface area contributed by atoms with Gasteiger partial charge in [-0.3, -0.25) is 4.79 Å². The Kier molecular flexibility index (Phi) is 4.50. The molecule has 1 fully saturated rings. The van der Waals surface area contributed by atoms with Gasteiger partial charge in [0.25, 0.3) is 5.91 Å². The number of alkyl halides is 1. The molecule has 0 saturated carbocycles. The van der Waals surface area contributed by atoms with Gasteiger partial charge in [0, 0.05) is 33.0 Å². The zero-order valence-corrected chi connectivity index (χ0v) is 13.1. The summed E-state index contributed by atoms with van der Waals surface area (Å²) in [5, 5.41) is 0.579. The second-order valence-electron chi connectivity index (χ2n) is 4.15. The third kappa shape index (κ3) is 3.46. The van der Waals surface area contributed by atoms with E-state index in [-0.39, 0.29) is 5.91 Å². The first-order valence-electron chi connectivity index (χ1n) is 5.45. The third-order valence-corrected chi connectivity index (χ3v) is 4.18. The van der Waals surface area contributed by atoms with Crippen LogP contribution in [0, 0.1) is 0 Å². The fourth-order valence-electron chi connectivity index (χ4n) is 1.97. The summed E-state index contributed by atoms with van der Waals surface area (Å²) < 4.78 is 0.834. The summed E-state index contributed by atoms with van der Waals surface area (Å²) in [6.07, 6.45) is 2.17. The predicted molar refractivity (Wildman–Crippen MR) is 77.0 cm³/mol. The number of hydrogen-bond acceptors (Lipinski definition) is 1. The second-order valence-corrected chi connectivity index (χ2v) is 6.80. The van der Waals surface area contributed by atoms with E-state index in [1.54, 1.807) is 12.1 Å². The molecule has 2 nitrogen and oxygen atoms in total. The summed E-state index contributed by atoms with van der Waals surface area (Å²) in [7, 11) is 0. The van der Waals surface area contributed by atoms with Crippen LogP contribution in [-0.2, 0) is 0 Å². The van der Waals surface area contributed by atoms with E-state index in [9.17, 15) is 4.79 Å². The molecule has 5 heteroatoms. The van der Waals surface area contributed by atoms with E-state index in [0.717, 1.165) is 30.4 Å². The molecule has 1 amide bonds. The summed E-state index contributed by atoms with van der Waals surface area (Å²) in [4.78, 5) is 14.6. The normalized spacial score (nSPS) is 20.4. The summed E-state index contributed by atoms with van der Waals surface area (Å²) in [5.41, 5.74) is 0.644. The van der Waals surface area contributed by atoms with Crippen LogP contribution in [-0.4, -0.2) is 28.7 Å². The lowest BCUT2D eigenvalue weighted by Crippen LogP contribution is -2.40. The molecule has 92 valence electrons. The van der Waals surface area contributed by atoms with Crippen LogP contribution in [0.2, 0.25) is 5.02 Å². The van der Waals surface area contributed by atoms with E-state index in [4.69, 9.17) is 11.6 Å². The summed E-state index contributed by atoms with van der Waals surface area (Å²) in [5.74, 6) is 0.0531. The molecule has 1 saturated heterocycles. The molecule has 0 bridgehead atoms. The highest BCUT2D eigenvalue weighted by Gasteiger charge is 2.23. The van der Waals surface area contributed by atoms with Gasteiger partial charge in [0.05, 0.1) is 0 Å². The van der Waals surface area contributed by atoms with Crippen LogP contribution in [0.25, 0.3) is 0 Å². The van der Waals surface area contributed by atoms with Crippen LogP contribution in [0.1, 0.15) is 23.2 Å². The number of piperidine rings is 1. The van der Waals surface area contributed by atoms with Crippen LogP contribution < -0.4 is 0 Å². The maximum Gasteiger partial charge on any atom is 0.253 e. The van der Waals surface area contributed by atoms with Gasteiger partial charge < -0.3 is 4.90 Å². The predicted octanol–water partition coefficient (Wildman–Crippen LogP) is 4.10. The van der Waals surface area contributed by atoms with Gasteiger partial charge in [-0.15, -0.1) is 0 Å². The van der Waals surface area contributed by atoms with Crippen LogP contribution >= 0.6 is 43.5 Å². The number of benzene rings is 1. The van der Waals surface area contributed by atoms with Crippen molar-refractivity contribution in [2.75, 3.05) is 13.1 Å². The number of likely N-dealkylation sites (tertiary alicyclic amines) is 1. The number of hydrogen-bond donors (Lipinski definition) is 0. The van der Waals surface area contributed by atoms with Crippen molar-refractivity contribution < 1.29 is 4.79 Å². The molecule has 0 aromatic heterocycles. The molecule has 17 heavy (non-hydrogen) atoms. The smallest absolute Gasteiger partial charge is 0.253 e. The zero-order chi connectivity index (χ0) is 12.4. The lowest BCUT2D eigenvalue weighted by Gasteiger charge is -2.30. The Morgan fingerprint density at radius 2 is 2.18 bits per heavy atom. The maximum absolute atomic E-state index is 12.3. The molecule has 1 aliphatic heterocycles. The lowest BCUT2D eigenvalue weighted by molar-refractivity contribution is 0.0730. The van der Waals surface area contributed by atoms with Gasteiger partial charge in [0.1, 0.15) is 0 Å². The van der Waals surface area contributed by atoms with E-state index in [1.165, 1.54) is 0 Å². The van der Waals surface area contributed by atoms with Crippen LogP contribution in [0.4, 0.5) is 0 Å². The van der Waals surface area contributed by atoms with Crippen molar-refractivity contribution >= 4 is 49.4 Å². The van der Waals surface area contributed by atoms with E-state index in [1.807, 2.05) is 11.0 Å². The van der Waals surface area contributed by atoms with Gasteiger partial charge in [0.15, 0.2) is 0 Å². The quantitative estimate of drug-likeness (QED) is 0.671. The Labute approximate surface area is 123 Å². The van der Waals surface area contributed by atoms with Crippen molar-refractivity contribution in [1.29, 1.82) is 0 Å². The monoisotopic (exact) mass is 379 g/mol.